The summed E-state index contributed by atoms with van der Waals surface area (Å²) in [6, 6.07) is 0. The van der Waals surface area contributed by atoms with E-state index in [-0.39, 0.29) is 0 Å². The van der Waals surface area contributed by atoms with E-state index in [4.69, 9.17) is 0 Å². The van der Waals surface area contributed by atoms with Gasteiger partial charge in [-0.1, -0.05) is 6.08 Å². The molecule has 0 bridgehead atoms. The molecule has 0 aromatic rings. The Labute approximate surface area is 55.9 Å². The maximum absolute atomic E-state index is 11.3. The lowest BCUT2D eigenvalue weighted by atomic mass is 10.5. The molecule has 0 aromatic carbocycles. The second kappa shape index (κ2) is 4.72. The lowest BCUT2D eigenvalue weighted by Gasteiger charge is -2.01. The predicted molar refractivity (Wildman–Crippen MR) is 26.5 cm³/mol. The van der Waals surface area contributed by atoms with Gasteiger partial charge in [0.05, 0.1) is 0 Å². The number of carboxylic acid groups (broad SMARTS) is 1. The van der Waals surface area contributed by atoms with E-state index in [1.165, 1.54) is 0 Å². The van der Waals surface area contributed by atoms with Crippen molar-refractivity contribution in [3.63, 3.8) is 0 Å². The summed E-state index contributed by atoms with van der Waals surface area (Å²) in [6.45, 7) is -0.396. The van der Waals surface area contributed by atoms with Gasteiger partial charge in [0.2, 0.25) is 0 Å². The molecule has 0 spiro atoms. The summed E-state index contributed by atoms with van der Waals surface area (Å²) >= 11 is 0. The summed E-state index contributed by atoms with van der Waals surface area (Å²) in [5.41, 5.74) is 0. The molecule has 0 rings (SSSR count). The molecular formula is C5H5F2O3-. The first-order valence-corrected chi connectivity index (χ1v) is 2.41. The predicted octanol–water partition coefficient (Wildman–Crippen LogP) is 0.168. The number of carbonyl (C=O) groups is 1. The highest BCUT2D eigenvalue weighted by Crippen LogP contribution is 1.92. The van der Waals surface area contributed by atoms with Gasteiger partial charge < -0.3 is 14.6 Å². The van der Waals surface area contributed by atoms with Gasteiger partial charge in [0.1, 0.15) is 0 Å². The Kier molecular flexibility index (Phi) is 4.19. The topological polar surface area (TPSA) is 49.4 Å². The Morgan fingerprint density at radius 1 is 1.70 bits per heavy atom. The zero-order chi connectivity index (χ0) is 7.98. The van der Waals surface area contributed by atoms with Crippen LogP contribution in [0.2, 0.25) is 0 Å². The van der Waals surface area contributed by atoms with Crippen LogP contribution in [0, 0.1) is 0 Å². The minimum absolute atomic E-state index is 0.396. The molecule has 0 heterocycles. The second-order valence-corrected chi connectivity index (χ2v) is 1.32. The highest BCUT2D eigenvalue weighted by molar-refractivity contribution is 5.54. The van der Waals surface area contributed by atoms with Crippen LogP contribution in [0.4, 0.5) is 13.6 Å². The number of hydrogen-bond donors (Lipinski definition) is 0. The third-order valence-electron chi connectivity index (χ3n) is 0.579. The minimum atomic E-state index is -2.58. The first-order chi connectivity index (χ1) is 4.63. The highest BCUT2D eigenvalue weighted by Gasteiger charge is 1.90. The van der Waals surface area contributed by atoms with Crippen LogP contribution in [-0.4, -0.2) is 19.2 Å². The van der Waals surface area contributed by atoms with Crippen molar-refractivity contribution in [3.8, 4) is 0 Å². The summed E-state index contributed by atoms with van der Waals surface area (Å²) in [4.78, 5) is 9.49. The van der Waals surface area contributed by atoms with Crippen molar-refractivity contribution < 1.29 is 23.4 Å². The van der Waals surface area contributed by atoms with Crippen molar-refractivity contribution in [1.29, 1.82) is 0 Å². The molecule has 0 aromatic heterocycles. The Bertz CT molecular complexity index is 133. The van der Waals surface area contributed by atoms with Gasteiger partial charge in [0.25, 0.3) is 12.6 Å². The van der Waals surface area contributed by atoms with Crippen molar-refractivity contribution in [1.82, 2.24) is 0 Å². The molecule has 0 amide bonds. The molecule has 58 valence electrons. The molecule has 0 aliphatic carbocycles. The van der Waals surface area contributed by atoms with E-state index >= 15 is 0 Å². The Hall–Kier alpha value is -1.13. The highest BCUT2D eigenvalue weighted by atomic mass is 19.3. The Morgan fingerprint density at radius 3 is 2.70 bits per heavy atom. The van der Waals surface area contributed by atoms with Gasteiger partial charge in [-0.3, -0.25) is 0 Å². The summed E-state index contributed by atoms with van der Waals surface area (Å²) < 4.78 is 26.3. The molecular weight excluding hydrogens is 146 g/mol. The largest absolute Gasteiger partial charge is 0.546 e. The molecule has 0 saturated carbocycles. The standard InChI is InChI=1S/C5H6F2O3/c6-4(7)2-1-3-10-5(8)9/h1-2,4H,3H2,(H,8,9)/p-1. The first kappa shape index (κ1) is 8.87. The third kappa shape index (κ3) is 6.87. The molecule has 5 heteroatoms. The van der Waals surface area contributed by atoms with E-state index in [1.54, 1.807) is 0 Å². The van der Waals surface area contributed by atoms with E-state index in [9.17, 15) is 18.7 Å². The average molecular weight is 151 g/mol. The van der Waals surface area contributed by atoms with Crippen LogP contribution >= 0.6 is 0 Å². The summed E-state index contributed by atoms with van der Waals surface area (Å²) in [7, 11) is 0. The van der Waals surface area contributed by atoms with Crippen LogP contribution in [-0.2, 0) is 4.74 Å². The average Bonchev–Trinajstić information content (AvgIpc) is 1.79. The van der Waals surface area contributed by atoms with Crippen LogP contribution in [0.3, 0.4) is 0 Å². The number of ether oxygens (including phenoxy) is 1. The van der Waals surface area contributed by atoms with Crippen LogP contribution in [0.5, 0.6) is 0 Å². The second-order valence-electron chi connectivity index (χ2n) is 1.32. The Morgan fingerprint density at radius 2 is 2.30 bits per heavy atom. The van der Waals surface area contributed by atoms with Crippen LogP contribution in [0.15, 0.2) is 12.2 Å². The minimum Gasteiger partial charge on any atom is -0.546 e. The van der Waals surface area contributed by atoms with Gasteiger partial charge in [-0.05, 0) is 6.08 Å². The number of allylic oxidation sites excluding steroid dienone is 1. The third-order valence-corrected chi connectivity index (χ3v) is 0.579. The lowest BCUT2D eigenvalue weighted by molar-refractivity contribution is -0.281. The van der Waals surface area contributed by atoms with Gasteiger partial charge in [0, 0.05) is 6.61 Å². The van der Waals surface area contributed by atoms with E-state index < -0.39 is 19.2 Å². The molecule has 0 radical (unpaired) electrons. The van der Waals surface area contributed by atoms with Crippen molar-refractivity contribution in [2.24, 2.45) is 0 Å². The number of rotatable bonds is 3. The summed E-state index contributed by atoms with van der Waals surface area (Å²) in [5, 5.41) is 9.49. The number of carbonyl (C=O) groups excluding carboxylic acids is 1. The smallest absolute Gasteiger partial charge is 0.257 e. The molecule has 0 unspecified atom stereocenters. The Balaban J connectivity index is 3.27. The molecule has 0 atom stereocenters. The number of alkyl halides is 2. The van der Waals surface area contributed by atoms with E-state index in [2.05, 4.69) is 4.74 Å². The van der Waals surface area contributed by atoms with Gasteiger partial charge in [0.15, 0.2) is 0 Å². The van der Waals surface area contributed by atoms with Crippen molar-refractivity contribution >= 4 is 6.16 Å². The molecule has 0 aliphatic heterocycles. The molecule has 3 nitrogen and oxygen atoms in total. The molecule has 0 aliphatic rings. The van der Waals surface area contributed by atoms with E-state index in [0.29, 0.717) is 6.08 Å². The fraction of sp³-hybridized carbons (Fsp3) is 0.400. The van der Waals surface area contributed by atoms with Crippen molar-refractivity contribution in [2.45, 2.75) is 6.43 Å². The zero-order valence-corrected chi connectivity index (χ0v) is 4.92. The van der Waals surface area contributed by atoms with Crippen LogP contribution < -0.4 is 5.11 Å². The summed E-state index contributed by atoms with van der Waals surface area (Å²) in [6.07, 6.45) is -2.87. The maximum Gasteiger partial charge on any atom is 0.257 e. The molecule has 0 fully saturated rings. The SMILES string of the molecule is O=C([O-])OCC=CC(F)F. The molecule has 0 saturated heterocycles. The quantitative estimate of drug-likeness (QED) is 0.426. The first-order valence-electron chi connectivity index (χ1n) is 2.41. The van der Waals surface area contributed by atoms with E-state index in [1.807, 2.05) is 0 Å². The fourth-order valence-electron chi connectivity index (χ4n) is 0.275. The lowest BCUT2D eigenvalue weighted by Crippen LogP contribution is -2.23. The van der Waals surface area contributed by atoms with Gasteiger partial charge in [-0.15, -0.1) is 0 Å². The van der Waals surface area contributed by atoms with E-state index in [0.717, 1.165) is 6.08 Å². The number of hydrogen-bond acceptors (Lipinski definition) is 3. The van der Waals surface area contributed by atoms with Crippen LogP contribution in [0.25, 0.3) is 0 Å². The fourth-order valence-corrected chi connectivity index (χ4v) is 0.275. The molecule has 0 N–H and O–H groups in total. The zero-order valence-electron chi connectivity index (χ0n) is 4.92. The monoisotopic (exact) mass is 151 g/mol. The number of halogens is 2. The van der Waals surface area contributed by atoms with Gasteiger partial charge in [-0.25, -0.2) is 8.78 Å². The van der Waals surface area contributed by atoms with Gasteiger partial charge >= 0.3 is 0 Å². The normalized spacial score (nSPS) is 10.7. The van der Waals surface area contributed by atoms with Crippen LogP contribution in [0.1, 0.15) is 0 Å². The van der Waals surface area contributed by atoms with Crippen molar-refractivity contribution in [3.05, 3.63) is 12.2 Å². The molecule has 10 heavy (non-hydrogen) atoms. The summed E-state index contributed by atoms with van der Waals surface area (Å²) in [5.74, 6) is 0. The van der Waals surface area contributed by atoms with Crippen molar-refractivity contribution in [2.75, 3.05) is 6.61 Å². The van der Waals surface area contributed by atoms with Gasteiger partial charge in [-0.2, -0.15) is 0 Å². The maximum atomic E-state index is 11.3.